The van der Waals surface area contributed by atoms with Crippen molar-refractivity contribution >= 4 is 12.1 Å². The van der Waals surface area contributed by atoms with Crippen LogP contribution in [0.4, 0.5) is 18.0 Å². The van der Waals surface area contributed by atoms with Gasteiger partial charge in [-0.05, 0) is 47.4 Å². The first-order chi connectivity index (χ1) is 15.3. The molecule has 170 valence electrons. The van der Waals surface area contributed by atoms with Crippen LogP contribution in [-0.2, 0) is 9.53 Å². The third-order valence-electron chi connectivity index (χ3n) is 6.39. The Morgan fingerprint density at radius 2 is 1.59 bits per heavy atom. The Labute approximate surface area is 183 Å². The minimum Gasteiger partial charge on any atom is -0.481 e. The molecular formula is C24H24F3NO4. The van der Waals surface area contributed by atoms with E-state index in [0.29, 0.717) is 0 Å². The lowest BCUT2D eigenvalue weighted by molar-refractivity contribution is -0.189. The Kier molecular flexibility index (Phi) is 6.13. The number of piperidine rings is 1. The molecule has 2 aromatic carbocycles. The van der Waals surface area contributed by atoms with Gasteiger partial charge in [-0.2, -0.15) is 13.2 Å². The minimum absolute atomic E-state index is 0.0618. The zero-order valence-corrected chi connectivity index (χ0v) is 17.3. The van der Waals surface area contributed by atoms with Crippen LogP contribution in [0.1, 0.15) is 42.7 Å². The van der Waals surface area contributed by atoms with Gasteiger partial charge in [0, 0.05) is 18.9 Å². The number of carbonyl (C=O) groups is 2. The second-order valence-electron chi connectivity index (χ2n) is 8.39. The number of nitrogens with zero attached hydrogens (tertiary/aromatic N) is 1. The second kappa shape index (κ2) is 8.84. The second-order valence-corrected chi connectivity index (χ2v) is 8.39. The van der Waals surface area contributed by atoms with E-state index in [2.05, 4.69) is 0 Å². The van der Waals surface area contributed by atoms with E-state index < -0.39 is 24.3 Å². The van der Waals surface area contributed by atoms with Gasteiger partial charge in [0.15, 0.2) is 0 Å². The smallest absolute Gasteiger partial charge is 0.410 e. The largest absolute Gasteiger partial charge is 0.481 e. The predicted octanol–water partition coefficient (Wildman–Crippen LogP) is 5.44. The average molecular weight is 447 g/mol. The van der Waals surface area contributed by atoms with Crippen molar-refractivity contribution in [2.75, 3.05) is 13.2 Å². The van der Waals surface area contributed by atoms with Crippen LogP contribution in [0.5, 0.6) is 0 Å². The maximum Gasteiger partial charge on any atom is 0.410 e. The van der Waals surface area contributed by atoms with E-state index in [4.69, 9.17) is 9.84 Å². The van der Waals surface area contributed by atoms with E-state index >= 15 is 0 Å². The zero-order valence-electron chi connectivity index (χ0n) is 17.3. The number of amides is 1. The quantitative estimate of drug-likeness (QED) is 0.663. The molecule has 32 heavy (non-hydrogen) atoms. The van der Waals surface area contributed by atoms with Crippen molar-refractivity contribution in [3.05, 3.63) is 59.7 Å². The monoisotopic (exact) mass is 447 g/mol. The van der Waals surface area contributed by atoms with Crippen LogP contribution in [0.3, 0.4) is 0 Å². The number of rotatable bonds is 5. The summed E-state index contributed by atoms with van der Waals surface area (Å²) in [5, 5.41) is 8.88. The first-order valence-electron chi connectivity index (χ1n) is 10.7. The van der Waals surface area contributed by atoms with Gasteiger partial charge in [0.05, 0.1) is 0 Å². The van der Waals surface area contributed by atoms with Crippen molar-refractivity contribution in [1.29, 1.82) is 0 Å². The molecule has 4 rings (SSSR count). The molecule has 0 bridgehead atoms. The van der Waals surface area contributed by atoms with Gasteiger partial charge in [-0.3, -0.25) is 9.69 Å². The zero-order chi connectivity index (χ0) is 22.9. The van der Waals surface area contributed by atoms with Crippen molar-refractivity contribution < 1.29 is 32.6 Å². The first-order valence-corrected chi connectivity index (χ1v) is 10.7. The molecule has 5 nitrogen and oxygen atoms in total. The van der Waals surface area contributed by atoms with Crippen LogP contribution >= 0.6 is 0 Å². The van der Waals surface area contributed by atoms with Gasteiger partial charge in [0.25, 0.3) is 0 Å². The highest BCUT2D eigenvalue weighted by Crippen LogP contribution is 2.44. The van der Waals surface area contributed by atoms with Crippen molar-refractivity contribution in [2.24, 2.45) is 5.92 Å². The van der Waals surface area contributed by atoms with E-state index in [1.807, 2.05) is 48.5 Å². The molecule has 1 saturated heterocycles. The third kappa shape index (κ3) is 4.45. The molecule has 2 atom stereocenters. The Morgan fingerprint density at radius 1 is 1.00 bits per heavy atom. The van der Waals surface area contributed by atoms with Gasteiger partial charge in [-0.1, -0.05) is 48.5 Å². The molecule has 2 unspecified atom stereocenters. The molecule has 0 aromatic heterocycles. The average Bonchev–Trinajstić information content (AvgIpc) is 3.09. The van der Waals surface area contributed by atoms with E-state index in [9.17, 15) is 22.8 Å². The topological polar surface area (TPSA) is 66.8 Å². The maximum atomic E-state index is 13.6. The Balaban J connectivity index is 1.49. The van der Waals surface area contributed by atoms with Crippen molar-refractivity contribution in [3.8, 4) is 11.1 Å². The van der Waals surface area contributed by atoms with Crippen molar-refractivity contribution in [1.82, 2.24) is 4.90 Å². The predicted molar refractivity (Wildman–Crippen MR) is 111 cm³/mol. The summed E-state index contributed by atoms with van der Waals surface area (Å²) in [5.41, 5.74) is 4.02. The number of fused-ring (bicyclic) bond motifs is 3. The fourth-order valence-electron chi connectivity index (χ4n) is 4.83. The van der Waals surface area contributed by atoms with Crippen LogP contribution in [0.25, 0.3) is 11.1 Å². The van der Waals surface area contributed by atoms with Crippen LogP contribution in [0, 0.1) is 5.92 Å². The molecule has 2 aromatic rings. The summed E-state index contributed by atoms with van der Waals surface area (Å²) < 4.78 is 46.2. The summed E-state index contributed by atoms with van der Waals surface area (Å²) in [4.78, 5) is 24.4. The molecule has 1 amide bonds. The van der Waals surface area contributed by atoms with Crippen LogP contribution < -0.4 is 0 Å². The van der Waals surface area contributed by atoms with Crippen molar-refractivity contribution in [2.45, 2.75) is 43.8 Å². The Bertz CT molecular complexity index is 961. The molecule has 8 heteroatoms. The lowest BCUT2D eigenvalue weighted by Crippen LogP contribution is -2.54. The minimum atomic E-state index is -4.57. The molecule has 1 fully saturated rings. The van der Waals surface area contributed by atoms with E-state index in [-0.39, 0.29) is 50.7 Å². The lowest BCUT2D eigenvalue weighted by Gasteiger charge is -2.39. The molecular weight excluding hydrogens is 423 g/mol. The summed E-state index contributed by atoms with van der Waals surface area (Å²) in [7, 11) is 0. The van der Waals surface area contributed by atoms with Gasteiger partial charge in [-0.15, -0.1) is 0 Å². The fraction of sp³-hybridized carbons (Fsp3) is 0.417. The number of halogens is 3. The molecule has 0 saturated carbocycles. The molecule has 0 radical (unpaired) electrons. The molecule has 1 aliphatic carbocycles. The number of likely N-dealkylation sites (tertiary alicyclic amines) is 1. The Hall–Kier alpha value is -3.03. The number of benzene rings is 2. The maximum absolute atomic E-state index is 13.6. The van der Waals surface area contributed by atoms with E-state index in [0.717, 1.165) is 27.2 Å². The molecule has 1 N–H and O–H groups in total. The molecule has 1 heterocycles. The number of aliphatic carboxylic acids is 1. The number of hydrogen-bond donors (Lipinski definition) is 1. The SMILES string of the molecule is O=C(O)CCC1CCC(C(F)(F)F)N(C(=O)OCC2c3ccccc3-c3ccccc32)C1. The number of carbonyl (C=O) groups excluding carboxylic acids is 1. The van der Waals surface area contributed by atoms with Gasteiger partial charge in [0.1, 0.15) is 12.6 Å². The third-order valence-corrected chi connectivity index (χ3v) is 6.39. The van der Waals surface area contributed by atoms with Gasteiger partial charge in [-0.25, -0.2) is 4.79 Å². The fourth-order valence-corrected chi connectivity index (χ4v) is 4.83. The number of carboxylic acids is 1. The van der Waals surface area contributed by atoms with Gasteiger partial charge < -0.3 is 9.84 Å². The van der Waals surface area contributed by atoms with Crippen molar-refractivity contribution in [3.63, 3.8) is 0 Å². The lowest BCUT2D eigenvalue weighted by atomic mass is 9.89. The summed E-state index contributed by atoms with van der Waals surface area (Å²) >= 11 is 0. The first kappa shape index (κ1) is 22.2. The molecule has 2 aliphatic rings. The molecule has 0 spiro atoms. The number of carboxylic acid groups (broad SMARTS) is 1. The highest BCUT2D eigenvalue weighted by Gasteiger charge is 2.48. The standard InChI is InChI=1S/C24H24F3NO4/c25-24(26,27)21-11-9-15(10-12-22(29)30)13-28(21)23(31)32-14-20-18-7-3-1-5-16(18)17-6-2-4-8-19(17)20/h1-8,15,20-21H,9-14H2,(H,29,30). The van der Waals surface area contributed by atoms with Gasteiger partial charge >= 0.3 is 18.2 Å². The number of hydrogen-bond acceptors (Lipinski definition) is 3. The highest BCUT2D eigenvalue weighted by molar-refractivity contribution is 5.79. The normalized spacial score (nSPS) is 20.5. The van der Waals surface area contributed by atoms with Crippen LogP contribution in [0.2, 0.25) is 0 Å². The van der Waals surface area contributed by atoms with Gasteiger partial charge in [0.2, 0.25) is 0 Å². The highest BCUT2D eigenvalue weighted by atomic mass is 19.4. The van der Waals surface area contributed by atoms with Crippen LogP contribution in [-0.4, -0.2) is 47.4 Å². The summed E-state index contributed by atoms with van der Waals surface area (Å²) in [5.74, 6) is -1.55. The number of alkyl halides is 3. The van der Waals surface area contributed by atoms with E-state index in [1.54, 1.807) is 0 Å². The molecule has 1 aliphatic heterocycles. The summed E-state index contributed by atoms with van der Waals surface area (Å²) in [6.07, 6.45) is -5.51. The summed E-state index contributed by atoms with van der Waals surface area (Å²) in [6, 6.07) is 13.5. The van der Waals surface area contributed by atoms with Crippen LogP contribution in [0.15, 0.2) is 48.5 Å². The Morgan fingerprint density at radius 3 is 2.16 bits per heavy atom. The summed E-state index contributed by atoms with van der Waals surface area (Å²) in [6.45, 7) is -0.220. The van der Waals surface area contributed by atoms with E-state index in [1.165, 1.54) is 0 Å². The number of ether oxygens (including phenoxy) is 1.